The van der Waals surface area contributed by atoms with Gasteiger partial charge in [0.2, 0.25) is 5.91 Å². The van der Waals surface area contributed by atoms with Gasteiger partial charge in [-0.1, -0.05) is 29.8 Å². The Hall–Kier alpha value is -2.90. The molecule has 0 saturated carbocycles. The van der Waals surface area contributed by atoms with Crippen LogP contribution in [0.4, 0.5) is 0 Å². The van der Waals surface area contributed by atoms with E-state index >= 15 is 0 Å². The SMILES string of the molecule is COCCCNC(=O)[C@@H](NC(=O)c1ccccc1C)C1CCN(C(=O)c2ccc(Cl)cc2)CC1. The van der Waals surface area contributed by atoms with Gasteiger partial charge in [0.15, 0.2) is 0 Å². The van der Waals surface area contributed by atoms with Crippen molar-refractivity contribution >= 4 is 29.3 Å². The summed E-state index contributed by atoms with van der Waals surface area (Å²) in [6, 6.07) is 13.5. The average Bonchev–Trinajstić information content (AvgIpc) is 2.85. The third kappa shape index (κ3) is 6.81. The van der Waals surface area contributed by atoms with Gasteiger partial charge >= 0.3 is 0 Å². The quantitative estimate of drug-likeness (QED) is 0.532. The molecule has 1 heterocycles. The van der Waals surface area contributed by atoms with Crippen LogP contribution in [0.2, 0.25) is 5.02 Å². The summed E-state index contributed by atoms with van der Waals surface area (Å²) in [6.45, 7) is 3.91. The van der Waals surface area contributed by atoms with E-state index in [0.29, 0.717) is 61.7 Å². The first-order valence-electron chi connectivity index (χ1n) is 11.6. The molecule has 1 atom stereocenters. The molecule has 3 rings (SSSR count). The number of hydrogen-bond acceptors (Lipinski definition) is 4. The first-order chi connectivity index (χ1) is 16.4. The van der Waals surface area contributed by atoms with E-state index in [1.54, 1.807) is 42.3 Å². The second kappa shape index (κ2) is 12.5. The summed E-state index contributed by atoms with van der Waals surface area (Å²) in [6.07, 6.45) is 1.92. The predicted octanol–water partition coefficient (Wildman–Crippen LogP) is 3.45. The number of methoxy groups -OCH3 is 1. The molecule has 2 aromatic carbocycles. The Kier molecular flexibility index (Phi) is 9.48. The predicted molar refractivity (Wildman–Crippen MR) is 132 cm³/mol. The fourth-order valence-electron chi connectivity index (χ4n) is 4.19. The van der Waals surface area contributed by atoms with Gasteiger partial charge in [0.25, 0.3) is 11.8 Å². The molecule has 8 heteroatoms. The molecule has 0 radical (unpaired) electrons. The van der Waals surface area contributed by atoms with Gasteiger partial charge in [0, 0.05) is 49.5 Å². The minimum absolute atomic E-state index is 0.0559. The number of likely N-dealkylation sites (tertiary alicyclic amines) is 1. The Balaban J connectivity index is 1.67. The van der Waals surface area contributed by atoms with Gasteiger partial charge in [-0.2, -0.15) is 0 Å². The first kappa shape index (κ1) is 25.7. The van der Waals surface area contributed by atoms with Gasteiger partial charge in [-0.25, -0.2) is 0 Å². The highest BCUT2D eigenvalue weighted by atomic mass is 35.5. The fraction of sp³-hybridized carbons (Fsp3) is 0.423. The zero-order valence-corrected chi connectivity index (χ0v) is 20.4. The molecule has 1 aliphatic heterocycles. The van der Waals surface area contributed by atoms with Crippen molar-refractivity contribution in [2.75, 3.05) is 33.4 Å². The minimum Gasteiger partial charge on any atom is -0.385 e. The van der Waals surface area contributed by atoms with Crippen LogP contribution in [-0.2, 0) is 9.53 Å². The third-order valence-corrected chi connectivity index (χ3v) is 6.42. The van der Waals surface area contributed by atoms with E-state index in [2.05, 4.69) is 10.6 Å². The highest BCUT2D eigenvalue weighted by Crippen LogP contribution is 2.23. The molecule has 7 nitrogen and oxygen atoms in total. The molecule has 1 saturated heterocycles. The highest BCUT2D eigenvalue weighted by Gasteiger charge is 2.34. The van der Waals surface area contributed by atoms with Crippen LogP contribution in [0.1, 0.15) is 45.5 Å². The molecular formula is C26H32ClN3O4. The number of nitrogens with zero attached hydrogens (tertiary/aromatic N) is 1. The molecule has 1 fully saturated rings. The Labute approximate surface area is 205 Å². The average molecular weight is 486 g/mol. The van der Waals surface area contributed by atoms with Crippen molar-refractivity contribution in [3.8, 4) is 0 Å². The fourth-order valence-corrected chi connectivity index (χ4v) is 4.32. The number of piperidine rings is 1. The number of halogens is 1. The summed E-state index contributed by atoms with van der Waals surface area (Å²) in [7, 11) is 1.62. The molecule has 3 amide bonds. The second-order valence-electron chi connectivity index (χ2n) is 8.54. The molecular weight excluding hydrogens is 454 g/mol. The summed E-state index contributed by atoms with van der Waals surface area (Å²) in [5, 5.41) is 6.47. The smallest absolute Gasteiger partial charge is 0.253 e. The molecule has 0 bridgehead atoms. The van der Waals surface area contributed by atoms with Crippen molar-refractivity contribution in [2.24, 2.45) is 5.92 Å². The number of ether oxygens (including phenoxy) is 1. The van der Waals surface area contributed by atoms with Crippen molar-refractivity contribution in [3.63, 3.8) is 0 Å². The number of amides is 3. The van der Waals surface area contributed by atoms with Gasteiger partial charge in [0.1, 0.15) is 6.04 Å². The van der Waals surface area contributed by atoms with E-state index in [0.717, 1.165) is 5.56 Å². The summed E-state index contributed by atoms with van der Waals surface area (Å²) >= 11 is 5.93. The van der Waals surface area contributed by atoms with Gasteiger partial charge < -0.3 is 20.3 Å². The van der Waals surface area contributed by atoms with E-state index in [9.17, 15) is 14.4 Å². The zero-order valence-electron chi connectivity index (χ0n) is 19.7. The Morgan fingerprint density at radius 1 is 1.09 bits per heavy atom. The lowest BCUT2D eigenvalue weighted by molar-refractivity contribution is -0.124. The topological polar surface area (TPSA) is 87.7 Å². The summed E-state index contributed by atoms with van der Waals surface area (Å²) < 4.78 is 5.05. The molecule has 0 aromatic heterocycles. The van der Waals surface area contributed by atoms with E-state index in [4.69, 9.17) is 16.3 Å². The van der Waals surface area contributed by atoms with Crippen molar-refractivity contribution in [2.45, 2.75) is 32.2 Å². The lowest BCUT2D eigenvalue weighted by Gasteiger charge is -2.36. The van der Waals surface area contributed by atoms with E-state index in [1.807, 2.05) is 25.1 Å². The van der Waals surface area contributed by atoms with Crippen molar-refractivity contribution < 1.29 is 19.1 Å². The van der Waals surface area contributed by atoms with Crippen LogP contribution in [0, 0.1) is 12.8 Å². The van der Waals surface area contributed by atoms with Gasteiger partial charge in [0.05, 0.1) is 0 Å². The van der Waals surface area contributed by atoms with Crippen LogP contribution < -0.4 is 10.6 Å². The third-order valence-electron chi connectivity index (χ3n) is 6.17. The summed E-state index contributed by atoms with van der Waals surface area (Å²) in [4.78, 5) is 40.7. The maximum Gasteiger partial charge on any atom is 0.253 e. The van der Waals surface area contributed by atoms with Crippen LogP contribution in [0.3, 0.4) is 0 Å². The number of carbonyl (C=O) groups excluding carboxylic acids is 3. The van der Waals surface area contributed by atoms with E-state index in [-0.39, 0.29) is 23.6 Å². The molecule has 0 unspecified atom stereocenters. The number of hydrogen-bond donors (Lipinski definition) is 2. The first-order valence-corrected chi connectivity index (χ1v) is 12.0. The lowest BCUT2D eigenvalue weighted by atomic mass is 9.88. The van der Waals surface area contributed by atoms with Crippen molar-refractivity contribution in [1.82, 2.24) is 15.5 Å². The number of nitrogens with one attached hydrogen (secondary N) is 2. The molecule has 182 valence electrons. The number of benzene rings is 2. The number of rotatable bonds is 9. The second-order valence-corrected chi connectivity index (χ2v) is 8.98. The Morgan fingerprint density at radius 3 is 2.41 bits per heavy atom. The van der Waals surface area contributed by atoms with Gasteiger partial charge in [-0.15, -0.1) is 0 Å². The van der Waals surface area contributed by atoms with Crippen LogP contribution in [0.25, 0.3) is 0 Å². The van der Waals surface area contributed by atoms with Crippen molar-refractivity contribution in [3.05, 3.63) is 70.2 Å². The maximum absolute atomic E-state index is 13.1. The zero-order chi connectivity index (χ0) is 24.5. The lowest BCUT2D eigenvalue weighted by Crippen LogP contribution is -2.54. The molecule has 2 N–H and O–H groups in total. The Bertz CT molecular complexity index is 988. The van der Waals surface area contributed by atoms with Crippen LogP contribution in [0.15, 0.2) is 48.5 Å². The highest BCUT2D eigenvalue weighted by molar-refractivity contribution is 6.30. The van der Waals surface area contributed by atoms with E-state index < -0.39 is 6.04 Å². The Morgan fingerprint density at radius 2 is 1.76 bits per heavy atom. The largest absolute Gasteiger partial charge is 0.385 e. The van der Waals surface area contributed by atoms with Gasteiger partial charge in [-0.05, 0) is 68.0 Å². The number of carbonyl (C=O) groups is 3. The van der Waals surface area contributed by atoms with Crippen LogP contribution in [-0.4, -0.2) is 62.0 Å². The molecule has 34 heavy (non-hydrogen) atoms. The summed E-state index contributed by atoms with van der Waals surface area (Å²) in [5.74, 6) is -0.611. The van der Waals surface area contributed by atoms with Crippen molar-refractivity contribution in [1.29, 1.82) is 0 Å². The molecule has 0 aliphatic carbocycles. The standard InChI is InChI=1S/C26H32ClN3O4/c1-18-6-3-4-7-22(18)24(31)29-23(25(32)28-14-5-17-34-2)19-12-15-30(16-13-19)26(33)20-8-10-21(27)11-9-20/h3-4,6-11,19,23H,5,12-17H2,1-2H3,(H,28,32)(H,29,31)/t23-/m0/s1. The summed E-state index contributed by atoms with van der Waals surface area (Å²) in [5.41, 5.74) is 1.99. The minimum atomic E-state index is -0.678. The molecule has 0 spiro atoms. The number of aryl methyl sites for hydroxylation is 1. The monoisotopic (exact) mass is 485 g/mol. The van der Waals surface area contributed by atoms with Crippen LogP contribution in [0.5, 0.6) is 0 Å². The molecule has 1 aliphatic rings. The van der Waals surface area contributed by atoms with Crippen LogP contribution >= 0.6 is 11.6 Å². The molecule has 2 aromatic rings. The maximum atomic E-state index is 13.1. The van der Waals surface area contributed by atoms with E-state index in [1.165, 1.54) is 0 Å². The normalized spacial score (nSPS) is 15.0. The van der Waals surface area contributed by atoms with Gasteiger partial charge in [-0.3, -0.25) is 14.4 Å².